The maximum absolute atomic E-state index is 12.9. The average Bonchev–Trinajstić information content (AvgIpc) is 2.90. The zero-order chi connectivity index (χ0) is 15.5. The number of nitrogens with zero attached hydrogens (tertiary/aromatic N) is 1. The summed E-state index contributed by atoms with van der Waals surface area (Å²) >= 11 is 7.25. The Balaban J connectivity index is 2.21. The van der Waals surface area contributed by atoms with E-state index in [1.54, 1.807) is 0 Å². The molecule has 0 aliphatic rings. The van der Waals surface area contributed by atoms with Crippen molar-refractivity contribution in [1.82, 2.24) is 0 Å². The molecule has 7 heteroatoms. The number of rotatable bonds is 4. The highest BCUT2D eigenvalue weighted by Crippen LogP contribution is 2.33. The monoisotopic (exact) mass is 333 g/mol. The van der Waals surface area contributed by atoms with Crippen LogP contribution in [0.1, 0.15) is 22.9 Å². The van der Waals surface area contributed by atoms with Crippen molar-refractivity contribution in [2.45, 2.75) is 19.7 Å². The topological polar surface area (TPSA) is 21.6 Å². The van der Waals surface area contributed by atoms with E-state index in [1.165, 1.54) is 30.4 Å². The van der Waals surface area contributed by atoms with E-state index in [-0.39, 0.29) is 22.9 Å². The first-order valence-corrected chi connectivity index (χ1v) is 7.20. The lowest BCUT2D eigenvalue weighted by atomic mass is 10.0. The summed E-state index contributed by atoms with van der Waals surface area (Å²) in [7, 11) is 0. The van der Waals surface area contributed by atoms with Crippen LogP contribution < -0.4 is 0 Å². The lowest BCUT2D eigenvalue weighted by Gasteiger charge is -2.12. The van der Waals surface area contributed by atoms with Gasteiger partial charge in [-0.1, -0.05) is 22.8 Å². The van der Waals surface area contributed by atoms with Crippen molar-refractivity contribution in [3.05, 3.63) is 56.7 Å². The molecule has 0 N–H and O–H groups in total. The number of thiophene rings is 1. The fourth-order valence-electron chi connectivity index (χ4n) is 1.70. The summed E-state index contributed by atoms with van der Waals surface area (Å²) < 4.78 is 38.8. The molecule has 21 heavy (non-hydrogen) atoms. The molecule has 0 fully saturated rings. The van der Waals surface area contributed by atoms with Gasteiger partial charge in [0.2, 0.25) is 0 Å². The molecular weight excluding hydrogens is 323 g/mol. The molecule has 0 unspecified atom stereocenters. The largest absolute Gasteiger partial charge is 0.417 e. The maximum atomic E-state index is 12.9. The first-order valence-electron chi connectivity index (χ1n) is 5.94. The maximum Gasteiger partial charge on any atom is 0.417 e. The van der Waals surface area contributed by atoms with Crippen LogP contribution in [0.25, 0.3) is 0 Å². The van der Waals surface area contributed by atoms with Crippen molar-refractivity contribution >= 4 is 28.6 Å². The molecule has 0 amide bonds. The summed E-state index contributed by atoms with van der Waals surface area (Å²) in [6.07, 6.45) is -4.47. The molecule has 0 bridgehead atoms. The van der Waals surface area contributed by atoms with Crippen LogP contribution in [0.4, 0.5) is 13.2 Å². The number of halogens is 4. The first-order chi connectivity index (χ1) is 9.88. The smallest absolute Gasteiger partial charge is 0.390 e. The fourth-order valence-corrected chi connectivity index (χ4v) is 2.48. The van der Waals surface area contributed by atoms with Gasteiger partial charge in [-0.25, -0.2) is 0 Å². The van der Waals surface area contributed by atoms with Crippen LogP contribution in [0.5, 0.6) is 0 Å². The van der Waals surface area contributed by atoms with Gasteiger partial charge in [-0.15, -0.1) is 11.3 Å². The highest BCUT2D eigenvalue weighted by molar-refractivity contribution is 7.09. The normalized spacial score (nSPS) is 12.5. The molecule has 112 valence electrons. The van der Waals surface area contributed by atoms with E-state index in [0.717, 1.165) is 10.9 Å². The first kappa shape index (κ1) is 15.9. The zero-order valence-electron chi connectivity index (χ0n) is 10.9. The van der Waals surface area contributed by atoms with E-state index in [9.17, 15) is 13.2 Å². The van der Waals surface area contributed by atoms with E-state index < -0.39 is 11.7 Å². The summed E-state index contributed by atoms with van der Waals surface area (Å²) in [5.74, 6) is 0. The van der Waals surface area contributed by atoms with Crippen molar-refractivity contribution in [1.29, 1.82) is 0 Å². The van der Waals surface area contributed by atoms with Crippen LogP contribution in [0.3, 0.4) is 0 Å². The molecule has 2 rings (SSSR count). The molecule has 0 aliphatic carbocycles. The predicted molar refractivity (Wildman–Crippen MR) is 77.8 cm³/mol. The van der Waals surface area contributed by atoms with Gasteiger partial charge in [-0.05, 0) is 36.6 Å². The lowest BCUT2D eigenvalue weighted by Crippen LogP contribution is -2.12. The highest BCUT2D eigenvalue weighted by atomic mass is 35.5. The van der Waals surface area contributed by atoms with Crippen LogP contribution in [0.15, 0.2) is 40.9 Å². The third-order valence-electron chi connectivity index (χ3n) is 2.67. The Hall–Kier alpha value is -1.53. The average molecular weight is 334 g/mol. The molecule has 1 aromatic heterocycles. The van der Waals surface area contributed by atoms with Crippen molar-refractivity contribution in [3.8, 4) is 0 Å². The molecule has 0 saturated heterocycles. The second-order valence-electron chi connectivity index (χ2n) is 4.22. The van der Waals surface area contributed by atoms with Gasteiger partial charge in [0, 0.05) is 15.5 Å². The van der Waals surface area contributed by atoms with Crippen LogP contribution in [0.2, 0.25) is 5.02 Å². The number of hydrogen-bond donors (Lipinski definition) is 0. The van der Waals surface area contributed by atoms with Crippen molar-refractivity contribution < 1.29 is 18.0 Å². The third kappa shape index (κ3) is 4.22. The van der Waals surface area contributed by atoms with Gasteiger partial charge in [-0.3, -0.25) is 0 Å². The Morgan fingerprint density at radius 1 is 1.33 bits per heavy atom. The van der Waals surface area contributed by atoms with E-state index in [1.807, 2.05) is 17.5 Å². The van der Waals surface area contributed by atoms with E-state index in [0.29, 0.717) is 0 Å². The molecule has 0 radical (unpaired) electrons. The second-order valence-corrected chi connectivity index (χ2v) is 5.69. The van der Waals surface area contributed by atoms with Gasteiger partial charge in [0.15, 0.2) is 6.61 Å². The van der Waals surface area contributed by atoms with Gasteiger partial charge >= 0.3 is 6.18 Å². The molecule has 0 saturated carbocycles. The van der Waals surface area contributed by atoms with E-state index >= 15 is 0 Å². The van der Waals surface area contributed by atoms with Crippen LogP contribution in [-0.4, -0.2) is 5.71 Å². The summed E-state index contributed by atoms with van der Waals surface area (Å²) in [6.45, 7) is 1.67. The van der Waals surface area contributed by atoms with Gasteiger partial charge in [0.05, 0.1) is 11.3 Å². The van der Waals surface area contributed by atoms with E-state index in [4.69, 9.17) is 16.4 Å². The highest BCUT2D eigenvalue weighted by Gasteiger charge is 2.34. The fraction of sp³-hybridized carbons (Fsp3) is 0.214. The zero-order valence-corrected chi connectivity index (χ0v) is 12.5. The van der Waals surface area contributed by atoms with Gasteiger partial charge in [0.1, 0.15) is 0 Å². The molecule has 2 nitrogen and oxygen atoms in total. The quantitative estimate of drug-likeness (QED) is 0.545. The number of hydrogen-bond acceptors (Lipinski definition) is 3. The minimum Gasteiger partial charge on any atom is -0.390 e. The Morgan fingerprint density at radius 2 is 2.10 bits per heavy atom. The van der Waals surface area contributed by atoms with Crippen molar-refractivity contribution in [2.24, 2.45) is 5.16 Å². The Bertz CT molecular complexity index is 638. The van der Waals surface area contributed by atoms with Crippen LogP contribution in [-0.2, 0) is 17.6 Å². The molecule has 1 aromatic carbocycles. The summed E-state index contributed by atoms with van der Waals surface area (Å²) in [6, 6.07) is 7.09. The second kappa shape index (κ2) is 6.49. The summed E-state index contributed by atoms with van der Waals surface area (Å²) in [5.41, 5.74) is -0.740. The third-order valence-corrected chi connectivity index (χ3v) is 3.75. The van der Waals surface area contributed by atoms with Gasteiger partial charge < -0.3 is 4.84 Å². The molecule has 0 spiro atoms. The molecule has 0 aliphatic heterocycles. The van der Waals surface area contributed by atoms with Crippen molar-refractivity contribution in [2.75, 3.05) is 0 Å². The number of benzene rings is 1. The van der Waals surface area contributed by atoms with Gasteiger partial charge in [-0.2, -0.15) is 13.2 Å². The SMILES string of the molecule is C/C(=N\OCc1cccs1)c1cc(Cl)ccc1C(F)(F)F. The molecule has 1 heterocycles. The van der Waals surface area contributed by atoms with E-state index in [2.05, 4.69) is 5.16 Å². The minimum absolute atomic E-state index is 0.0822. The lowest BCUT2D eigenvalue weighted by molar-refractivity contribution is -0.137. The molecule has 0 atom stereocenters. The van der Waals surface area contributed by atoms with Gasteiger partial charge in [0.25, 0.3) is 0 Å². The Labute approximate surface area is 128 Å². The predicted octanol–water partition coefficient (Wildman–Crippen LogP) is 5.36. The van der Waals surface area contributed by atoms with Crippen molar-refractivity contribution in [3.63, 3.8) is 0 Å². The number of alkyl halides is 3. The molecular formula is C14H11ClF3NOS. The van der Waals surface area contributed by atoms with Crippen LogP contribution >= 0.6 is 22.9 Å². The standard InChI is InChI=1S/C14H11ClF3NOS/c1-9(19-20-8-11-3-2-6-21-11)12-7-10(15)4-5-13(12)14(16,17)18/h2-7H,8H2,1H3/b19-9+. The Kier molecular flexibility index (Phi) is 4.90. The Morgan fingerprint density at radius 3 is 2.71 bits per heavy atom. The molecule has 2 aromatic rings. The van der Waals surface area contributed by atoms with Crippen LogP contribution in [0, 0.1) is 0 Å². The minimum atomic E-state index is -4.47. The number of oxime groups is 1. The summed E-state index contributed by atoms with van der Waals surface area (Å²) in [5, 5.41) is 5.85. The summed E-state index contributed by atoms with van der Waals surface area (Å²) in [4.78, 5) is 6.03.